The lowest BCUT2D eigenvalue weighted by molar-refractivity contribution is -0.122. The molecule has 6 rings (SSSR count). The topological polar surface area (TPSA) is 53.4 Å². The van der Waals surface area contributed by atoms with Crippen LogP contribution in [0.1, 0.15) is 16.7 Å². The maximum Gasteiger partial charge on any atom is 0.278 e. The Bertz CT molecular complexity index is 1590. The number of hydrogen-bond acceptors (Lipinski definition) is 2. The highest BCUT2D eigenvalue weighted by Gasteiger charge is 2.31. The molecule has 0 aliphatic carbocycles. The maximum absolute atomic E-state index is 13.6. The molecule has 34 heavy (non-hydrogen) atoms. The van der Waals surface area contributed by atoms with E-state index in [0.29, 0.717) is 18.1 Å². The SMILES string of the molecule is Cn1cc(/C=C2/N=C(c3ccccc3)N(CCc3c[nH]c4ccccc34)C2=O)c2ccccc21. The van der Waals surface area contributed by atoms with Crippen molar-refractivity contribution in [3.63, 3.8) is 0 Å². The predicted molar refractivity (Wildman–Crippen MR) is 138 cm³/mol. The van der Waals surface area contributed by atoms with Crippen LogP contribution in [0.2, 0.25) is 0 Å². The molecule has 1 aliphatic heterocycles. The van der Waals surface area contributed by atoms with Crippen molar-refractivity contribution < 1.29 is 4.79 Å². The molecule has 1 amide bonds. The summed E-state index contributed by atoms with van der Waals surface area (Å²) in [5, 5.41) is 2.30. The number of carbonyl (C=O) groups is 1. The molecule has 1 aliphatic rings. The fourth-order valence-electron chi connectivity index (χ4n) is 4.77. The fourth-order valence-corrected chi connectivity index (χ4v) is 4.77. The third-order valence-electron chi connectivity index (χ3n) is 6.48. The number of nitrogens with one attached hydrogen (secondary N) is 1. The van der Waals surface area contributed by atoms with Gasteiger partial charge in [0.05, 0.1) is 0 Å². The molecule has 5 heteroatoms. The molecule has 3 heterocycles. The summed E-state index contributed by atoms with van der Waals surface area (Å²) in [6.07, 6.45) is 6.75. The van der Waals surface area contributed by atoms with Crippen LogP contribution in [-0.4, -0.2) is 32.7 Å². The molecule has 0 atom stereocenters. The minimum absolute atomic E-state index is 0.0633. The van der Waals surface area contributed by atoms with Gasteiger partial charge in [-0.05, 0) is 30.2 Å². The van der Waals surface area contributed by atoms with Crippen LogP contribution in [0.3, 0.4) is 0 Å². The first-order valence-corrected chi connectivity index (χ1v) is 11.5. The van der Waals surface area contributed by atoms with Crippen molar-refractivity contribution in [2.24, 2.45) is 12.0 Å². The van der Waals surface area contributed by atoms with Crippen LogP contribution in [-0.2, 0) is 18.3 Å². The van der Waals surface area contributed by atoms with Crippen molar-refractivity contribution >= 4 is 39.6 Å². The lowest BCUT2D eigenvalue weighted by Gasteiger charge is -2.18. The van der Waals surface area contributed by atoms with E-state index in [9.17, 15) is 4.79 Å². The summed E-state index contributed by atoms with van der Waals surface area (Å²) >= 11 is 0. The summed E-state index contributed by atoms with van der Waals surface area (Å²) in [5.41, 5.74) is 5.84. The van der Waals surface area contributed by atoms with Gasteiger partial charge in [-0.2, -0.15) is 0 Å². The molecular formula is C29H24N4O. The van der Waals surface area contributed by atoms with E-state index < -0.39 is 0 Å². The van der Waals surface area contributed by atoms with Gasteiger partial charge in [-0.15, -0.1) is 0 Å². The van der Waals surface area contributed by atoms with E-state index in [-0.39, 0.29) is 5.91 Å². The second-order valence-electron chi connectivity index (χ2n) is 8.61. The van der Waals surface area contributed by atoms with Gasteiger partial charge in [-0.3, -0.25) is 9.69 Å². The van der Waals surface area contributed by atoms with Crippen LogP contribution in [0.15, 0.2) is 102 Å². The molecule has 0 saturated heterocycles. The van der Waals surface area contributed by atoms with Crippen molar-refractivity contribution in [3.05, 3.63) is 114 Å². The molecule has 0 unspecified atom stereocenters. The highest BCUT2D eigenvalue weighted by molar-refractivity contribution is 6.20. The Morgan fingerprint density at radius 1 is 0.912 bits per heavy atom. The summed E-state index contributed by atoms with van der Waals surface area (Å²) in [6.45, 7) is 0.557. The largest absolute Gasteiger partial charge is 0.361 e. The van der Waals surface area contributed by atoms with E-state index in [1.54, 1.807) is 0 Å². The van der Waals surface area contributed by atoms with Gasteiger partial charge in [0.2, 0.25) is 0 Å². The lowest BCUT2D eigenvalue weighted by atomic mass is 10.1. The Hall–Kier alpha value is -4.38. The summed E-state index contributed by atoms with van der Waals surface area (Å²) < 4.78 is 2.08. The third kappa shape index (κ3) is 3.42. The van der Waals surface area contributed by atoms with E-state index in [0.717, 1.165) is 34.0 Å². The van der Waals surface area contributed by atoms with Crippen LogP contribution in [0.5, 0.6) is 0 Å². The van der Waals surface area contributed by atoms with Crippen molar-refractivity contribution in [3.8, 4) is 0 Å². The second kappa shape index (κ2) is 8.19. The van der Waals surface area contributed by atoms with Gasteiger partial charge >= 0.3 is 0 Å². The zero-order valence-electron chi connectivity index (χ0n) is 18.9. The van der Waals surface area contributed by atoms with Crippen LogP contribution >= 0.6 is 0 Å². The number of aryl methyl sites for hydroxylation is 1. The number of aromatic amines is 1. The van der Waals surface area contributed by atoms with Crippen LogP contribution in [0, 0.1) is 0 Å². The molecule has 0 saturated carbocycles. The monoisotopic (exact) mass is 444 g/mol. The summed E-state index contributed by atoms with van der Waals surface area (Å²) in [5.74, 6) is 0.642. The molecule has 0 fully saturated rings. The second-order valence-corrected chi connectivity index (χ2v) is 8.61. The van der Waals surface area contributed by atoms with Crippen molar-refractivity contribution in [2.75, 3.05) is 6.54 Å². The van der Waals surface area contributed by atoms with Crippen LogP contribution in [0.25, 0.3) is 27.9 Å². The molecule has 0 spiro atoms. The minimum Gasteiger partial charge on any atom is -0.361 e. The quantitative estimate of drug-likeness (QED) is 0.356. The Morgan fingerprint density at radius 3 is 2.50 bits per heavy atom. The Morgan fingerprint density at radius 2 is 1.65 bits per heavy atom. The number of fused-ring (bicyclic) bond motifs is 2. The normalized spacial score (nSPS) is 15.1. The molecule has 0 bridgehead atoms. The number of para-hydroxylation sites is 2. The van der Waals surface area contributed by atoms with Crippen LogP contribution in [0.4, 0.5) is 0 Å². The fraction of sp³-hybridized carbons (Fsp3) is 0.103. The van der Waals surface area contributed by atoms with E-state index in [1.165, 1.54) is 10.9 Å². The zero-order chi connectivity index (χ0) is 23.1. The van der Waals surface area contributed by atoms with Gasteiger partial charge in [0.25, 0.3) is 5.91 Å². The first-order chi connectivity index (χ1) is 16.7. The number of rotatable bonds is 5. The Balaban J connectivity index is 1.37. The number of hydrogen-bond donors (Lipinski definition) is 1. The van der Waals surface area contributed by atoms with E-state index in [1.807, 2.05) is 78.8 Å². The Kier molecular flexibility index (Phi) is 4.88. The van der Waals surface area contributed by atoms with Gasteiger partial charge in [0, 0.05) is 58.9 Å². The van der Waals surface area contributed by atoms with Gasteiger partial charge in [0.1, 0.15) is 11.5 Å². The van der Waals surface area contributed by atoms with E-state index in [4.69, 9.17) is 4.99 Å². The summed E-state index contributed by atoms with van der Waals surface area (Å²) in [6, 6.07) is 26.4. The first kappa shape index (κ1) is 20.2. The van der Waals surface area contributed by atoms with Crippen LogP contribution < -0.4 is 0 Å². The van der Waals surface area contributed by atoms with E-state index in [2.05, 4.69) is 40.0 Å². The molecule has 1 N–H and O–H groups in total. The highest BCUT2D eigenvalue weighted by atomic mass is 16.2. The highest BCUT2D eigenvalue weighted by Crippen LogP contribution is 2.27. The number of aromatic nitrogens is 2. The standard InChI is InChI=1S/C29H24N4O/c1-32-19-22(24-12-6-8-14-27(24)32)17-26-29(34)33(28(31-26)20-9-3-2-4-10-20)16-15-21-18-30-25-13-7-5-11-23(21)25/h2-14,17-19,30H,15-16H2,1H3/b26-17+. The van der Waals surface area contributed by atoms with E-state index >= 15 is 0 Å². The molecular weight excluding hydrogens is 420 g/mol. The van der Waals surface area contributed by atoms with Crippen molar-refractivity contribution in [1.82, 2.24) is 14.5 Å². The lowest BCUT2D eigenvalue weighted by Crippen LogP contribution is -2.34. The minimum atomic E-state index is -0.0633. The maximum atomic E-state index is 13.6. The number of H-pyrrole nitrogens is 1. The van der Waals surface area contributed by atoms with Crippen molar-refractivity contribution in [2.45, 2.75) is 6.42 Å². The smallest absolute Gasteiger partial charge is 0.278 e. The Labute approximate surface area is 197 Å². The molecule has 2 aromatic heterocycles. The average molecular weight is 445 g/mol. The summed E-state index contributed by atoms with van der Waals surface area (Å²) in [4.78, 5) is 23.6. The molecule has 5 nitrogen and oxygen atoms in total. The average Bonchev–Trinajstić information content (AvgIpc) is 3.53. The number of benzene rings is 3. The van der Waals surface area contributed by atoms with Gasteiger partial charge in [-0.1, -0.05) is 66.7 Å². The molecule has 0 radical (unpaired) electrons. The molecule has 166 valence electrons. The number of aliphatic imine (C=N–C) groups is 1. The number of amides is 1. The number of amidine groups is 1. The number of nitrogens with zero attached hydrogens (tertiary/aromatic N) is 3. The first-order valence-electron chi connectivity index (χ1n) is 11.5. The third-order valence-corrected chi connectivity index (χ3v) is 6.48. The predicted octanol–water partition coefficient (Wildman–Crippen LogP) is 5.53. The number of carbonyl (C=O) groups excluding carboxylic acids is 1. The molecule has 3 aromatic carbocycles. The van der Waals surface area contributed by atoms with Gasteiger partial charge < -0.3 is 9.55 Å². The summed E-state index contributed by atoms with van der Waals surface area (Å²) in [7, 11) is 2.02. The van der Waals surface area contributed by atoms with Gasteiger partial charge in [0.15, 0.2) is 0 Å². The van der Waals surface area contributed by atoms with Crippen molar-refractivity contribution in [1.29, 1.82) is 0 Å². The zero-order valence-corrected chi connectivity index (χ0v) is 18.9. The van der Waals surface area contributed by atoms with Gasteiger partial charge in [-0.25, -0.2) is 4.99 Å². The molecule has 5 aromatic rings.